The maximum atomic E-state index is 14.0. The number of benzene rings is 3. The lowest BCUT2D eigenvalue weighted by Crippen LogP contribution is -2.38. The van der Waals surface area contributed by atoms with Crippen molar-refractivity contribution >= 4 is 17.4 Å². The van der Waals surface area contributed by atoms with Gasteiger partial charge in [0.15, 0.2) is 0 Å². The maximum Gasteiger partial charge on any atom is 0.206 e. The summed E-state index contributed by atoms with van der Waals surface area (Å²) >= 11 is 0. The quantitative estimate of drug-likeness (QED) is 0.175. The molecule has 0 saturated carbocycles. The third kappa shape index (κ3) is 3.60. The molecule has 1 aliphatic rings. The van der Waals surface area contributed by atoms with Crippen molar-refractivity contribution in [3.63, 3.8) is 0 Å². The third-order valence-corrected chi connectivity index (χ3v) is 8.28. The van der Waals surface area contributed by atoms with Crippen LogP contribution in [0.1, 0.15) is 50.6 Å². The van der Waals surface area contributed by atoms with Gasteiger partial charge in [-0.05, 0) is 65.8 Å². The number of aromatic nitrogens is 3. The van der Waals surface area contributed by atoms with Crippen molar-refractivity contribution in [1.82, 2.24) is 14.0 Å². The molecular formula is C36H29N3O. The van der Waals surface area contributed by atoms with E-state index in [0.29, 0.717) is 6.42 Å². The van der Waals surface area contributed by atoms with E-state index in [0.717, 1.165) is 51.3 Å². The average Bonchev–Trinajstić information content (AvgIpc) is 3.59. The summed E-state index contributed by atoms with van der Waals surface area (Å²) in [5.41, 5.74) is 7.69. The Balaban J connectivity index is 1.45. The summed E-state index contributed by atoms with van der Waals surface area (Å²) in [6.07, 6.45) is 9.40. The van der Waals surface area contributed by atoms with Crippen LogP contribution in [0.3, 0.4) is 0 Å². The molecule has 1 aliphatic carbocycles. The molecule has 0 radical (unpaired) electrons. The largest absolute Gasteiger partial charge is 0.313 e. The molecule has 0 fully saturated rings. The Bertz CT molecular complexity index is 1760. The molecule has 7 rings (SSSR count). The van der Waals surface area contributed by atoms with Gasteiger partial charge in [0.1, 0.15) is 11.4 Å². The minimum Gasteiger partial charge on any atom is -0.313 e. The number of carbonyl (C=O) groups excluding carboxylic acids is 1. The van der Waals surface area contributed by atoms with Gasteiger partial charge in [0.2, 0.25) is 5.78 Å². The van der Waals surface area contributed by atoms with Gasteiger partial charge in [-0.2, -0.15) is 0 Å². The number of aryl methyl sites for hydroxylation is 1. The van der Waals surface area contributed by atoms with Crippen molar-refractivity contribution in [3.8, 4) is 0 Å². The van der Waals surface area contributed by atoms with E-state index in [1.54, 1.807) is 0 Å². The first-order valence-electron chi connectivity index (χ1n) is 13.7. The highest BCUT2D eigenvalue weighted by molar-refractivity contribution is 6.13. The van der Waals surface area contributed by atoms with Crippen molar-refractivity contribution in [1.29, 1.82) is 0 Å². The van der Waals surface area contributed by atoms with Crippen molar-refractivity contribution < 1.29 is 4.79 Å². The van der Waals surface area contributed by atoms with E-state index in [4.69, 9.17) is 4.98 Å². The van der Waals surface area contributed by atoms with Gasteiger partial charge in [-0.15, -0.1) is 0 Å². The van der Waals surface area contributed by atoms with Crippen molar-refractivity contribution in [2.24, 2.45) is 0 Å². The Morgan fingerprint density at radius 2 is 1.30 bits per heavy atom. The Labute approximate surface area is 233 Å². The maximum absolute atomic E-state index is 14.0. The standard InChI is InChI=1S/C36H29N3O/c1-26-31-21-20-27(35(40)34(31)38-23-12-11-19-32(26)38)25-33-37-22-24-39(33)36(28-13-5-2-6-14-28,29-15-7-3-8-16-29)30-17-9-4-10-18-30/h2-19,22-25H,20-21H2,1H3. The number of carbonyl (C=O) groups is 1. The molecule has 0 aliphatic heterocycles. The number of nitrogens with zero attached hydrogens (tertiary/aromatic N) is 3. The number of fused-ring (bicyclic) bond motifs is 3. The zero-order valence-electron chi connectivity index (χ0n) is 22.4. The lowest BCUT2D eigenvalue weighted by molar-refractivity contribution is 0.102. The van der Waals surface area contributed by atoms with Crippen LogP contribution in [0, 0.1) is 6.92 Å². The zero-order valence-corrected chi connectivity index (χ0v) is 22.4. The second-order valence-corrected chi connectivity index (χ2v) is 10.4. The van der Waals surface area contributed by atoms with Gasteiger partial charge in [0.25, 0.3) is 0 Å². The van der Waals surface area contributed by atoms with Gasteiger partial charge in [0.05, 0.1) is 5.69 Å². The van der Waals surface area contributed by atoms with E-state index in [1.165, 1.54) is 5.56 Å². The van der Waals surface area contributed by atoms with Gasteiger partial charge in [-0.1, -0.05) is 97.1 Å². The summed E-state index contributed by atoms with van der Waals surface area (Å²) in [5.74, 6) is 0.829. The monoisotopic (exact) mass is 519 g/mol. The van der Waals surface area contributed by atoms with Gasteiger partial charge in [-0.3, -0.25) is 4.79 Å². The van der Waals surface area contributed by atoms with Crippen LogP contribution in [0.25, 0.3) is 11.6 Å². The first kappa shape index (κ1) is 24.1. The zero-order chi connectivity index (χ0) is 27.1. The molecule has 0 saturated heterocycles. The van der Waals surface area contributed by atoms with E-state index in [9.17, 15) is 4.79 Å². The van der Waals surface area contributed by atoms with Crippen LogP contribution in [0.2, 0.25) is 0 Å². The number of hydrogen-bond donors (Lipinski definition) is 0. The fourth-order valence-corrected chi connectivity index (χ4v) is 6.45. The number of pyridine rings is 1. The number of imidazole rings is 1. The number of ketones is 1. The third-order valence-electron chi connectivity index (χ3n) is 8.28. The minimum atomic E-state index is -0.687. The molecule has 40 heavy (non-hydrogen) atoms. The molecule has 0 amide bonds. The summed E-state index contributed by atoms with van der Waals surface area (Å²) in [4.78, 5) is 18.9. The van der Waals surface area contributed by atoms with E-state index in [2.05, 4.69) is 94.8 Å². The fourth-order valence-electron chi connectivity index (χ4n) is 6.45. The predicted molar refractivity (Wildman–Crippen MR) is 160 cm³/mol. The molecule has 0 unspecified atom stereocenters. The van der Waals surface area contributed by atoms with Crippen LogP contribution in [-0.2, 0) is 12.0 Å². The van der Waals surface area contributed by atoms with Crippen LogP contribution in [0.15, 0.2) is 133 Å². The molecule has 194 valence electrons. The Hall–Kier alpha value is -4.96. The molecule has 3 heterocycles. The Morgan fingerprint density at radius 1 is 0.725 bits per heavy atom. The number of allylic oxidation sites excluding steroid dienone is 1. The first-order valence-corrected chi connectivity index (χ1v) is 13.7. The van der Waals surface area contributed by atoms with E-state index in [1.807, 2.05) is 55.0 Å². The lowest BCUT2D eigenvalue weighted by atomic mass is 9.76. The Kier molecular flexibility index (Phi) is 5.82. The van der Waals surface area contributed by atoms with Gasteiger partial charge in [-0.25, -0.2) is 4.98 Å². The number of Topliss-reactive ketones (excluding diaryl/α,β-unsaturated/α-hetero) is 1. The van der Waals surface area contributed by atoms with Gasteiger partial charge < -0.3 is 8.97 Å². The van der Waals surface area contributed by atoms with Crippen molar-refractivity contribution in [2.45, 2.75) is 25.3 Å². The van der Waals surface area contributed by atoms with E-state index < -0.39 is 5.54 Å². The molecule has 0 bridgehead atoms. The van der Waals surface area contributed by atoms with Crippen LogP contribution in [-0.4, -0.2) is 19.7 Å². The summed E-state index contributed by atoms with van der Waals surface area (Å²) in [7, 11) is 0. The SMILES string of the molecule is Cc1c2c(n3ccccc13)C(=O)C(=Cc1nccn1C(c1ccccc1)(c1ccccc1)c1ccccc1)CC2. The van der Waals surface area contributed by atoms with Crippen LogP contribution in [0.4, 0.5) is 0 Å². The molecule has 4 heteroatoms. The molecule has 4 nitrogen and oxygen atoms in total. The normalized spacial score (nSPS) is 14.5. The summed E-state index contributed by atoms with van der Waals surface area (Å²) < 4.78 is 4.28. The molecule has 0 atom stereocenters. The highest BCUT2D eigenvalue weighted by atomic mass is 16.1. The van der Waals surface area contributed by atoms with Crippen molar-refractivity contribution in [3.05, 3.63) is 173 Å². The smallest absolute Gasteiger partial charge is 0.206 e. The molecule has 3 aromatic carbocycles. The first-order chi connectivity index (χ1) is 19.7. The van der Waals surface area contributed by atoms with Gasteiger partial charge in [0, 0.05) is 29.7 Å². The lowest BCUT2D eigenvalue weighted by Gasteiger charge is -2.38. The van der Waals surface area contributed by atoms with E-state index >= 15 is 0 Å². The predicted octanol–water partition coefficient (Wildman–Crippen LogP) is 7.50. The summed E-state index contributed by atoms with van der Waals surface area (Å²) in [6.45, 7) is 2.12. The average molecular weight is 520 g/mol. The fraction of sp³-hybridized carbons (Fsp3) is 0.111. The summed E-state index contributed by atoms with van der Waals surface area (Å²) in [6, 6.07) is 37.7. The number of rotatable bonds is 5. The second-order valence-electron chi connectivity index (χ2n) is 10.4. The molecule has 3 aromatic heterocycles. The van der Waals surface area contributed by atoms with Crippen LogP contribution in [0.5, 0.6) is 0 Å². The van der Waals surface area contributed by atoms with Crippen molar-refractivity contribution in [2.75, 3.05) is 0 Å². The Morgan fingerprint density at radius 3 is 1.90 bits per heavy atom. The minimum absolute atomic E-state index is 0.0785. The molecule has 0 N–H and O–H groups in total. The highest BCUT2D eigenvalue weighted by Crippen LogP contribution is 2.42. The van der Waals surface area contributed by atoms with Crippen LogP contribution < -0.4 is 0 Å². The summed E-state index contributed by atoms with van der Waals surface area (Å²) in [5, 5.41) is 0. The molecule has 0 spiro atoms. The topological polar surface area (TPSA) is 39.3 Å². The highest BCUT2D eigenvalue weighted by Gasteiger charge is 2.39. The second kappa shape index (κ2) is 9.65. The number of hydrogen-bond acceptors (Lipinski definition) is 2. The molecular weight excluding hydrogens is 490 g/mol. The van der Waals surface area contributed by atoms with Gasteiger partial charge >= 0.3 is 0 Å². The molecule has 6 aromatic rings. The van der Waals surface area contributed by atoms with Crippen LogP contribution >= 0.6 is 0 Å². The van der Waals surface area contributed by atoms with E-state index in [-0.39, 0.29) is 5.78 Å².